The number of ether oxygens (including phenoxy) is 1. The number of nitrogens with one attached hydrogen (secondary N) is 1. The molecule has 26 heavy (non-hydrogen) atoms. The average molecular weight is 362 g/mol. The quantitative estimate of drug-likeness (QED) is 0.669. The average Bonchev–Trinajstić information content (AvgIpc) is 2.94. The van der Waals surface area contributed by atoms with Gasteiger partial charge >= 0.3 is 0 Å². The number of carbonyl (C=O) groups excluding carboxylic acids is 1. The normalized spacial score (nSPS) is 16.7. The Hall–Kier alpha value is -3.00. The van der Waals surface area contributed by atoms with Crippen LogP contribution in [0.2, 0.25) is 0 Å². The second-order valence-electron chi connectivity index (χ2n) is 6.12. The summed E-state index contributed by atoms with van der Waals surface area (Å²) in [7, 11) is 0. The summed E-state index contributed by atoms with van der Waals surface area (Å²) in [6.45, 7) is 0. The lowest BCUT2D eigenvalue weighted by atomic mass is 9.93. The number of halogens is 3. The van der Waals surface area contributed by atoms with Gasteiger partial charge in [-0.25, -0.2) is 13.2 Å². The van der Waals surface area contributed by atoms with Crippen LogP contribution in [0.5, 0.6) is 5.75 Å². The first-order chi connectivity index (χ1) is 12.3. The molecule has 4 rings (SSSR count). The summed E-state index contributed by atoms with van der Waals surface area (Å²) in [6.07, 6.45) is -2.73. The van der Waals surface area contributed by atoms with Crippen molar-refractivity contribution >= 4 is 16.8 Å². The molecule has 2 aromatic carbocycles. The van der Waals surface area contributed by atoms with E-state index < -0.39 is 35.6 Å². The summed E-state index contributed by atoms with van der Waals surface area (Å²) in [5, 5.41) is 10.1. The third-order valence-corrected chi connectivity index (χ3v) is 4.43. The van der Waals surface area contributed by atoms with E-state index in [0.29, 0.717) is 16.8 Å². The predicted molar refractivity (Wildman–Crippen MR) is 86.8 cm³/mol. The van der Waals surface area contributed by atoms with Crippen LogP contribution >= 0.6 is 0 Å². The first kappa shape index (κ1) is 16.5. The van der Waals surface area contributed by atoms with Gasteiger partial charge in [-0.05, 0) is 18.2 Å². The molecule has 134 valence electrons. The Morgan fingerprint density at radius 2 is 2.00 bits per heavy atom. The van der Waals surface area contributed by atoms with Crippen LogP contribution in [0.4, 0.5) is 13.2 Å². The lowest BCUT2D eigenvalue weighted by Crippen LogP contribution is -2.31. The number of primary amides is 1. The molecule has 1 amide bonds. The molecule has 0 radical (unpaired) electrons. The highest BCUT2D eigenvalue weighted by molar-refractivity contribution is 5.93. The largest absolute Gasteiger partial charge is 0.485 e. The van der Waals surface area contributed by atoms with Crippen molar-refractivity contribution in [3.05, 3.63) is 53.3 Å². The molecule has 0 saturated heterocycles. The van der Waals surface area contributed by atoms with Crippen molar-refractivity contribution in [2.45, 2.75) is 18.6 Å². The Bertz CT molecular complexity index is 1050. The van der Waals surface area contributed by atoms with Crippen LogP contribution in [0, 0.1) is 17.5 Å². The van der Waals surface area contributed by atoms with E-state index in [1.807, 2.05) is 0 Å². The third kappa shape index (κ3) is 2.50. The van der Waals surface area contributed by atoms with Gasteiger partial charge in [0.1, 0.15) is 35.4 Å². The van der Waals surface area contributed by atoms with E-state index in [0.717, 1.165) is 18.2 Å². The van der Waals surface area contributed by atoms with Gasteiger partial charge in [0.15, 0.2) is 0 Å². The minimum Gasteiger partial charge on any atom is -0.485 e. The maximum Gasteiger partial charge on any atom is 0.246 e. The molecule has 1 aliphatic rings. The van der Waals surface area contributed by atoms with Crippen molar-refractivity contribution < 1.29 is 27.8 Å². The highest BCUT2D eigenvalue weighted by Gasteiger charge is 2.33. The van der Waals surface area contributed by atoms with Crippen LogP contribution < -0.4 is 10.5 Å². The summed E-state index contributed by atoms with van der Waals surface area (Å²) < 4.78 is 47.3. The molecule has 2 heterocycles. The number of carbonyl (C=O) groups is 1. The Morgan fingerprint density at radius 3 is 2.73 bits per heavy atom. The van der Waals surface area contributed by atoms with Crippen LogP contribution in [0.25, 0.3) is 22.2 Å². The number of aromatic amines is 1. The van der Waals surface area contributed by atoms with Gasteiger partial charge in [0.25, 0.3) is 0 Å². The molecule has 8 heteroatoms. The molecule has 2 atom stereocenters. The second kappa shape index (κ2) is 5.77. The summed E-state index contributed by atoms with van der Waals surface area (Å²) in [6, 6.07) is 5.69. The van der Waals surface area contributed by atoms with E-state index in [1.54, 1.807) is 0 Å². The van der Waals surface area contributed by atoms with Crippen molar-refractivity contribution in [1.29, 1.82) is 0 Å². The number of benzene rings is 2. The number of fused-ring (bicyclic) bond motifs is 5. The predicted octanol–water partition coefficient (Wildman–Crippen LogP) is 2.92. The zero-order chi connectivity index (χ0) is 18.6. The highest BCUT2D eigenvalue weighted by Crippen LogP contribution is 2.47. The number of rotatable bonds is 3. The Morgan fingerprint density at radius 1 is 1.23 bits per heavy atom. The molecule has 1 unspecified atom stereocenters. The van der Waals surface area contributed by atoms with Gasteiger partial charge in [0, 0.05) is 35.1 Å². The van der Waals surface area contributed by atoms with Crippen molar-refractivity contribution in [2.24, 2.45) is 5.73 Å². The zero-order valence-electron chi connectivity index (χ0n) is 13.2. The van der Waals surface area contributed by atoms with Gasteiger partial charge < -0.3 is 20.6 Å². The zero-order valence-corrected chi connectivity index (χ0v) is 13.2. The number of aromatic nitrogens is 1. The van der Waals surface area contributed by atoms with E-state index in [2.05, 4.69) is 4.98 Å². The van der Waals surface area contributed by atoms with Crippen molar-refractivity contribution in [2.75, 3.05) is 0 Å². The van der Waals surface area contributed by atoms with E-state index in [-0.39, 0.29) is 23.1 Å². The van der Waals surface area contributed by atoms with Crippen LogP contribution in [0.3, 0.4) is 0 Å². The van der Waals surface area contributed by atoms with Crippen molar-refractivity contribution in [3.63, 3.8) is 0 Å². The van der Waals surface area contributed by atoms with Crippen LogP contribution in [0.1, 0.15) is 18.1 Å². The number of hydrogen-bond acceptors (Lipinski definition) is 3. The lowest BCUT2D eigenvalue weighted by Gasteiger charge is -2.28. The molecule has 0 saturated carbocycles. The number of hydrogen-bond donors (Lipinski definition) is 3. The molecule has 0 fully saturated rings. The number of nitrogens with two attached hydrogens (primary N) is 1. The number of aliphatic hydroxyl groups excluding tert-OH is 1. The molecular weight excluding hydrogens is 349 g/mol. The van der Waals surface area contributed by atoms with E-state index >= 15 is 0 Å². The van der Waals surface area contributed by atoms with Crippen molar-refractivity contribution in [3.8, 4) is 17.0 Å². The molecule has 0 bridgehead atoms. The van der Waals surface area contributed by atoms with Gasteiger partial charge in [-0.2, -0.15) is 0 Å². The molecule has 5 nitrogen and oxygen atoms in total. The van der Waals surface area contributed by atoms with Gasteiger partial charge in [0.2, 0.25) is 5.91 Å². The fourth-order valence-electron chi connectivity index (χ4n) is 3.28. The van der Waals surface area contributed by atoms with Crippen molar-refractivity contribution in [1.82, 2.24) is 4.98 Å². The number of aliphatic hydroxyl groups is 1. The summed E-state index contributed by atoms with van der Waals surface area (Å²) in [4.78, 5) is 14.1. The molecule has 3 aromatic rings. The summed E-state index contributed by atoms with van der Waals surface area (Å²) in [5.41, 5.74) is 6.39. The Kier molecular flexibility index (Phi) is 3.66. The first-order valence-electron chi connectivity index (χ1n) is 7.79. The van der Waals surface area contributed by atoms with E-state index in [1.165, 1.54) is 12.1 Å². The molecule has 0 spiro atoms. The minimum absolute atomic E-state index is 0.0516. The third-order valence-electron chi connectivity index (χ3n) is 4.43. The maximum atomic E-state index is 14.2. The maximum absolute atomic E-state index is 14.2. The monoisotopic (exact) mass is 362 g/mol. The second-order valence-corrected chi connectivity index (χ2v) is 6.12. The number of H-pyrrole nitrogens is 1. The van der Waals surface area contributed by atoms with Gasteiger partial charge in [-0.1, -0.05) is 0 Å². The fourth-order valence-corrected chi connectivity index (χ4v) is 3.28. The van der Waals surface area contributed by atoms with E-state index in [4.69, 9.17) is 10.5 Å². The van der Waals surface area contributed by atoms with Gasteiger partial charge in [0.05, 0.1) is 11.2 Å². The summed E-state index contributed by atoms with van der Waals surface area (Å²) in [5.74, 6) is -2.93. The topological polar surface area (TPSA) is 88.3 Å². The lowest BCUT2D eigenvalue weighted by molar-refractivity contribution is -0.127. The fraction of sp³-hybridized carbons (Fsp3) is 0.167. The standard InChI is InChI=1S/C18H13F3N2O3/c19-7-1-2-9-13(5-7)26-14(6-12(24)18(22)25)15-10-3-8(20)4-11(21)16(10)23-17(9)15/h1-5,12,14,23-24H,6H2,(H2,22,25)/t12-,14?/m0/s1. The van der Waals surface area contributed by atoms with Crippen LogP contribution in [0.15, 0.2) is 30.3 Å². The van der Waals surface area contributed by atoms with E-state index in [9.17, 15) is 23.1 Å². The molecule has 1 aromatic heterocycles. The first-order valence-corrected chi connectivity index (χ1v) is 7.79. The van der Waals surface area contributed by atoms with Crippen LogP contribution in [-0.2, 0) is 4.79 Å². The Labute approximate surface area is 145 Å². The van der Waals surface area contributed by atoms with Gasteiger partial charge in [-0.15, -0.1) is 0 Å². The molecule has 0 aliphatic carbocycles. The summed E-state index contributed by atoms with van der Waals surface area (Å²) >= 11 is 0. The molecule has 4 N–H and O–H groups in total. The number of amides is 1. The minimum atomic E-state index is -1.54. The molecule has 1 aliphatic heterocycles. The van der Waals surface area contributed by atoms with Crippen LogP contribution in [-0.4, -0.2) is 22.1 Å². The Balaban J connectivity index is 1.97. The SMILES string of the molecule is NC(=O)[C@@H](O)CC1Oc2cc(F)ccc2-c2[nH]c3c(F)cc(F)cc3c21. The molecular formula is C18H13F3N2O3. The highest BCUT2D eigenvalue weighted by atomic mass is 19.1. The van der Waals surface area contributed by atoms with Gasteiger partial charge in [-0.3, -0.25) is 4.79 Å². The smallest absolute Gasteiger partial charge is 0.246 e.